The summed E-state index contributed by atoms with van der Waals surface area (Å²) < 4.78 is 41.3. The minimum Gasteiger partial charge on any atom is -0.337 e. The van der Waals surface area contributed by atoms with Crippen molar-refractivity contribution in [3.05, 3.63) is 59.7 Å². The molecule has 32 heavy (non-hydrogen) atoms. The summed E-state index contributed by atoms with van der Waals surface area (Å²) >= 11 is 1.13. The number of nitrogens with zero attached hydrogens (tertiary/aromatic N) is 3. The molecule has 1 heterocycles. The van der Waals surface area contributed by atoms with Crippen molar-refractivity contribution >= 4 is 28.7 Å². The third kappa shape index (κ3) is 5.25. The number of rotatable bonds is 7. The van der Waals surface area contributed by atoms with Crippen molar-refractivity contribution in [2.45, 2.75) is 44.2 Å². The van der Waals surface area contributed by atoms with Crippen LogP contribution in [0.3, 0.4) is 0 Å². The number of amides is 1. The first-order valence-electron chi connectivity index (χ1n) is 10.00. The average molecular weight is 461 g/mol. The molecular formula is C23H23F3N4OS. The van der Waals surface area contributed by atoms with Gasteiger partial charge in [-0.3, -0.25) is 4.79 Å². The van der Waals surface area contributed by atoms with Crippen LogP contribution in [0.25, 0.3) is 11.0 Å². The third-order valence-corrected chi connectivity index (χ3v) is 6.32. The number of thioether (sulfide) groups is 1. The van der Waals surface area contributed by atoms with Gasteiger partial charge in [0.25, 0.3) is 0 Å². The summed E-state index contributed by atoms with van der Waals surface area (Å²) in [5, 5.41) is 12.6. The summed E-state index contributed by atoms with van der Waals surface area (Å²) in [6, 6.07) is 15.1. The SMILES string of the molecule is CC(C)[C@@](C)(C#N)NC(=O)CSc1nc2cc(C(F)(F)F)ccc2n1Cc1ccccc1. The summed E-state index contributed by atoms with van der Waals surface area (Å²) in [4.78, 5) is 16.9. The molecule has 0 saturated heterocycles. The normalized spacial score (nSPS) is 13.7. The molecule has 1 N–H and O–H groups in total. The molecule has 0 unspecified atom stereocenters. The number of halogens is 3. The molecule has 1 aromatic heterocycles. The number of nitrogens with one attached hydrogen (secondary N) is 1. The van der Waals surface area contributed by atoms with Gasteiger partial charge in [0.15, 0.2) is 5.16 Å². The zero-order chi connectivity index (χ0) is 23.5. The fourth-order valence-corrected chi connectivity index (χ4v) is 3.88. The van der Waals surface area contributed by atoms with E-state index in [-0.39, 0.29) is 23.1 Å². The van der Waals surface area contributed by atoms with Gasteiger partial charge in [-0.1, -0.05) is 55.9 Å². The van der Waals surface area contributed by atoms with Crippen LogP contribution in [-0.2, 0) is 17.5 Å². The molecule has 9 heteroatoms. The average Bonchev–Trinajstić information content (AvgIpc) is 3.08. The zero-order valence-electron chi connectivity index (χ0n) is 17.9. The highest BCUT2D eigenvalue weighted by atomic mass is 32.2. The fourth-order valence-electron chi connectivity index (χ4n) is 3.07. The monoisotopic (exact) mass is 460 g/mol. The molecule has 168 valence electrons. The second-order valence-corrected chi connectivity index (χ2v) is 8.92. The molecule has 5 nitrogen and oxygen atoms in total. The first-order chi connectivity index (χ1) is 15.0. The van der Waals surface area contributed by atoms with Crippen LogP contribution in [0.4, 0.5) is 13.2 Å². The van der Waals surface area contributed by atoms with E-state index in [2.05, 4.69) is 16.4 Å². The van der Waals surface area contributed by atoms with Crippen LogP contribution >= 0.6 is 11.8 Å². The lowest BCUT2D eigenvalue weighted by atomic mass is 9.90. The molecule has 1 amide bonds. The molecule has 0 bridgehead atoms. The van der Waals surface area contributed by atoms with E-state index in [1.54, 1.807) is 11.5 Å². The Labute approximate surface area is 188 Å². The summed E-state index contributed by atoms with van der Waals surface area (Å²) in [6.07, 6.45) is -4.47. The highest BCUT2D eigenvalue weighted by molar-refractivity contribution is 7.99. The summed E-state index contributed by atoms with van der Waals surface area (Å²) in [6.45, 7) is 5.74. The molecular weight excluding hydrogens is 437 g/mol. The van der Waals surface area contributed by atoms with Crippen LogP contribution in [0.5, 0.6) is 0 Å². The Balaban J connectivity index is 1.91. The van der Waals surface area contributed by atoms with Crippen LogP contribution in [0, 0.1) is 17.2 Å². The summed E-state index contributed by atoms with van der Waals surface area (Å²) in [5.74, 6) is -0.458. The van der Waals surface area contributed by atoms with Crippen LogP contribution in [0.1, 0.15) is 31.9 Å². The van der Waals surface area contributed by atoms with E-state index in [4.69, 9.17) is 0 Å². The van der Waals surface area contributed by atoms with Gasteiger partial charge in [-0.15, -0.1) is 0 Å². The highest BCUT2D eigenvalue weighted by Gasteiger charge is 2.32. The molecule has 0 aliphatic heterocycles. The van der Waals surface area contributed by atoms with Crippen LogP contribution < -0.4 is 5.32 Å². The van der Waals surface area contributed by atoms with Crippen molar-refractivity contribution in [3.8, 4) is 6.07 Å². The molecule has 0 aliphatic rings. The number of hydrogen-bond acceptors (Lipinski definition) is 4. The van der Waals surface area contributed by atoms with E-state index in [0.717, 1.165) is 29.5 Å². The quantitative estimate of drug-likeness (QED) is 0.489. The van der Waals surface area contributed by atoms with Crippen LogP contribution in [0.2, 0.25) is 0 Å². The lowest BCUT2D eigenvalue weighted by Gasteiger charge is -2.27. The number of benzene rings is 2. The molecule has 3 aromatic rings. The smallest absolute Gasteiger partial charge is 0.337 e. The van der Waals surface area contributed by atoms with Crippen molar-refractivity contribution in [1.82, 2.24) is 14.9 Å². The maximum Gasteiger partial charge on any atom is 0.416 e. The molecule has 3 rings (SSSR count). The van der Waals surface area contributed by atoms with Gasteiger partial charge in [0.1, 0.15) is 5.54 Å². The number of fused-ring (bicyclic) bond motifs is 1. The van der Waals surface area contributed by atoms with Gasteiger partial charge in [-0.05, 0) is 36.6 Å². The van der Waals surface area contributed by atoms with E-state index < -0.39 is 17.3 Å². The lowest BCUT2D eigenvalue weighted by Crippen LogP contribution is -2.49. The first kappa shape index (κ1) is 23.7. The number of carbonyl (C=O) groups excluding carboxylic acids is 1. The Kier molecular flexibility index (Phi) is 6.84. The van der Waals surface area contributed by atoms with Gasteiger partial charge in [0, 0.05) is 0 Å². The fraction of sp³-hybridized carbons (Fsp3) is 0.348. The zero-order valence-corrected chi connectivity index (χ0v) is 18.7. The summed E-state index contributed by atoms with van der Waals surface area (Å²) in [7, 11) is 0. The van der Waals surface area contributed by atoms with Crippen molar-refractivity contribution < 1.29 is 18.0 Å². The number of hydrogen-bond donors (Lipinski definition) is 1. The Morgan fingerprint density at radius 1 is 1.22 bits per heavy atom. The largest absolute Gasteiger partial charge is 0.416 e. The predicted molar refractivity (Wildman–Crippen MR) is 118 cm³/mol. The van der Waals surface area contributed by atoms with Gasteiger partial charge in [-0.2, -0.15) is 18.4 Å². The van der Waals surface area contributed by atoms with Gasteiger partial charge >= 0.3 is 6.18 Å². The van der Waals surface area contributed by atoms with Crippen molar-refractivity contribution in [1.29, 1.82) is 5.26 Å². The minimum absolute atomic E-state index is 0.0196. The van der Waals surface area contributed by atoms with Gasteiger partial charge in [0.05, 0.1) is 35.0 Å². The van der Waals surface area contributed by atoms with Crippen molar-refractivity contribution in [2.24, 2.45) is 5.92 Å². The van der Waals surface area contributed by atoms with Crippen molar-refractivity contribution in [2.75, 3.05) is 5.75 Å². The second-order valence-electron chi connectivity index (χ2n) is 7.97. The second kappa shape index (κ2) is 9.25. The highest BCUT2D eigenvalue weighted by Crippen LogP contribution is 2.33. The van der Waals surface area contributed by atoms with E-state index >= 15 is 0 Å². The standard InChI is InChI=1S/C23H23F3N4OS/c1-15(2)22(3,14-27)29-20(31)13-32-21-28-18-11-17(23(24,25)26)9-10-19(18)30(21)12-16-7-5-4-6-8-16/h4-11,15H,12-13H2,1-3H3,(H,29,31)/t22-/m1/s1. The van der Waals surface area contributed by atoms with Gasteiger partial charge in [-0.25, -0.2) is 4.98 Å². The van der Waals surface area contributed by atoms with Gasteiger partial charge < -0.3 is 9.88 Å². The maximum atomic E-state index is 13.2. The molecule has 0 spiro atoms. The Hall–Kier alpha value is -2.99. The molecule has 0 saturated carbocycles. The van der Waals surface area contributed by atoms with E-state index in [9.17, 15) is 23.2 Å². The van der Waals surface area contributed by atoms with E-state index in [1.165, 1.54) is 6.07 Å². The topological polar surface area (TPSA) is 70.7 Å². The summed E-state index contributed by atoms with van der Waals surface area (Å²) in [5.41, 5.74) is -0.0691. The Morgan fingerprint density at radius 2 is 1.91 bits per heavy atom. The molecule has 0 fully saturated rings. The molecule has 1 atom stereocenters. The number of carbonyl (C=O) groups is 1. The number of aromatic nitrogens is 2. The number of alkyl halides is 3. The predicted octanol–water partition coefficient (Wildman–Crippen LogP) is 5.25. The first-order valence-corrected chi connectivity index (χ1v) is 11.0. The van der Waals surface area contributed by atoms with E-state index in [0.29, 0.717) is 17.2 Å². The number of nitriles is 1. The Bertz CT molecular complexity index is 1150. The number of imidazole rings is 1. The lowest BCUT2D eigenvalue weighted by molar-refractivity contribution is -0.137. The van der Waals surface area contributed by atoms with Crippen LogP contribution in [0.15, 0.2) is 53.7 Å². The van der Waals surface area contributed by atoms with E-state index in [1.807, 2.05) is 44.2 Å². The van der Waals surface area contributed by atoms with Crippen molar-refractivity contribution in [3.63, 3.8) is 0 Å². The third-order valence-electron chi connectivity index (χ3n) is 5.34. The van der Waals surface area contributed by atoms with Gasteiger partial charge in [0.2, 0.25) is 5.91 Å². The maximum absolute atomic E-state index is 13.2. The molecule has 2 aromatic carbocycles. The van der Waals surface area contributed by atoms with Crippen LogP contribution in [-0.4, -0.2) is 26.8 Å². The Morgan fingerprint density at radius 3 is 2.50 bits per heavy atom. The molecule has 0 aliphatic carbocycles. The minimum atomic E-state index is -4.47. The molecule has 0 radical (unpaired) electrons.